The number of nitrogens with one attached hydrogen (secondary N) is 3. The minimum absolute atomic E-state index is 0.00344. The largest absolute Gasteiger partial charge is 0.491 e. The van der Waals surface area contributed by atoms with Gasteiger partial charge in [0, 0.05) is 23.7 Å². The number of nitrogens with zero attached hydrogens (tertiary/aromatic N) is 3. The lowest BCUT2D eigenvalue weighted by Crippen LogP contribution is -2.04. The molecule has 0 fully saturated rings. The van der Waals surface area contributed by atoms with Crippen LogP contribution >= 0.6 is 0 Å². The third kappa shape index (κ3) is 5.17. The van der Waals surface area contributed by atoms with Crippen LogP contribution in [0, 0.1) is 6.92 Å². The normalized spacial score (nSPS) is 11.2. The number of rotatable bonds is 7. The number of aromatic amines is 1. The second-order valence-corrected chi connectivity index (χ2v) is 8.20. The average molecular weight is 388 g/mol. The zero-order chi connectivity index (χ0) is 19.4. The van der Waals surface area contributed by atoms with Gasteiger partial charge in [0.15, 0.2) is 27.2 Å². The Morgan fingerprint density at radius 2 is 1.93 bits per heavy atom. The first-order valence-corrected chi connectivity index (χ1v) is 10.1. The monoisotopic (exact) mass is 388 g/mol. The summed E-state index contributed by atoms with van der Waals surface area (Å²) < 4.78 is 28.0. The maximum Gasteiger partial charge on any atom is 0.229 e. The Morgan fingerprint density at radius 3 is 2.52 bits per heavy atom. The van der Waals surface area contributed by atoms with Crippen LogP contribution in [0.2, 0.25) is 0 Å². The molecule has 0 amide bonds. The molecule has 2 heterocycles. The third-order valence-electron chi connectivity index (χ3n) is 3.57. The minimum atomic E-state index is -3.07. The number of ether oxygens (including phenoxy) is 1. The van der Waals surface area contributed by atoms with Gasteiger partial charge in [0.1, 0.15) is 0 Å². The van der Waals surface area contributed by atoms with E-state index in [1.54, 1.807) is 30.5 Å². The van der Waals surface area contributed by atoms with Gasteiger partial charge in [-0.2, -0.15) is 10.1 Å². The number of aromatic nitrogens is 4. The third-order valence-corrected chi connectivity index (χ3v) is 4.42. The fourth-order valence-electron chi connectivity index (χ4n) is 2.39. The van der Waals surface area contributed by atoms with E-state index in [-0.39, 0.29) is 5.75 Å². The molecule has 3 aromatic rings. The lowest BCUT2D eigenvalue weighted by Gasteiger charge is -2.11. The molecule has 3 rings (SSSR count). The highest BCUT2D eigenvalue weighted by atomic mass is 32.2. The van der Waals surface area contributed by atoms with Crippen molar-refractivity contribution in [2.75, 3.05) is 24.0 Å². The molecule has 27 heavy (non-hydrogen) atoms. The minimum Gasteiger partial charge on any atom is -0.491 e. The van der Waals surface area contributed by atoms with Gasteiger partial charge in [-0.3, -0.25) is 5.10 Å². The number of H-pyrrole nitrogens is 1. The molecular formula is C17H20N6O3S. The molecule has 0 atom stereocenters. The van der Waals surface area contributed by atoms with Crippen molar-refractivity contribution in [2.45, 2.75) is 12.7 Å². The van der Waals surface area contributed by atoms with E-state index < -0.39 is 9.84 Å². The second kappa shape index (κ2) is 7.62. The quantitative estimate of drug-likeness (QED) is 0.564. The highest BCUT2D eigenvalue weighted by Gasteiger charge is 2.10. The van der Waals surface area contributed by atoms with Gasteiger partial charge in [-0.05, 0) is 24.6 Å². The first-order chi connectivity index (χ1) is 12.8. The van der Waals surface area contributed by atoms with E-state index in [1.807, 2.05) is 13.0 Å². The van der Waals surface area contributed by atoms with Crippen molar-refractivity contribution in [3.8, 4) is 5.75 Å². The lowest BCUT2D eigenvalue weighted by molar-refractivity contribution is 0.413. The van der Waals surface area contributed by atoms with E-state index >= 15 is 0 Å². The van der Waals surface area contributed by atoms with Gasteiger partial charge in [-0.25, -0.2) is 13.4 Å². The van der Waals surface area contributed by atoms with E-state index in [4.69, 9.17) is 4.74 Å². The Bertz CT molecular complexity index is 1030. The van der Waals surface area contributed by atoms with Gasteiger partial charge in [-0.1, -0.05) is 12.1 Å². The summed E-state index contributed by atoms with van der Waals surface area (Å²) in [6.45, 7) is 1.90. The molecule has 0 saturated carbocycles. The predicted molar refractivity (Wildman–Crippen MR) is 103 cm³/mol. The molecule has 142 valence electrons. The van der Waals surface area contributed by atoms with Crippen LogP contribution in [0.1, 0.15) is 11.3 Å². The van der Waals surface area contributed by atoms with Crippen LogP contribution in [0.3, 0.4) is 0 Å². The smallest absolute Gasteiger partial charge is 0.229 e. The van der Waals surface area contributed by atoms with Gasteiger partial charge >= 0.3 is 0 Å². The Labute approximate surface area is 157 Å². The number of aryl methyl sites for hydroxylation is 1. The molecule has 0 radical (unpaired) electrons. The molecule has 3 N–H and O–H groups in total. The van der Waals surface area contributed by atoms with Crippen LogP contribution in [-0.2, 0) is 15.6 Å². The summed E-state index contributed by atoms with van der Waals surface area (Å²) in [7, 11) is -1.53. The highest BCUT2D eigenvalue weighted by molar-refractivity contribution is 7.89. The van der Waals surface area contributed by atoms with E-state index in [1.165, 1.54) is 13.4 Å². The molecule has 2 aromatic heterocycles. The van der Waals surface area contributed by atoms with Crippen molar-refractivity contribution in [2.24, 2.45) is 0 Å². The number of benzene rings is 1. The molecule has 0 spiro atoms. The molecule has 10 heteroatoms. The second-order valence-electron chi connectivity index (χ2n) is 6.06. The lowest BCUT2D eigenvalue weighted by atomic mass is 10.2. The predicted octanol–water partition coefficient (Wildman–Crippen LogP) is 2.55. The number of anilines is 4. The van der Waals surface area contributed by atoms with Crippen LogP contribution in [-0.4, -0.2) is 41.9 Å². The van der Waals surface area contributed by atoms with Crippen molar-refractivity contribution < 1.29 is 13.2 Å². The van der Waals surface area contributed by atoms with Gasteiger partial charge in [-0.15, -0.1) is 0 Å². The summed E-state index contributed by atoms with van der Waals surface area (Å²) in [5.74, 6) is 1.92. The van der Waals surface area contributed by atoms with E-state index in [0.717, 1.165) is 16.9 Å². The molecular weight excluding hydrogens is 368 g/mol. The van der Waals surface area contributed by atoms with Gasteiger partial charge in [0.25, 0.3) is 0 Å². The van der Waals surface area contributed by atoms with E-state index in [2.05, 4.69) is 30.8 Å². The number of hydrogen-bond acceptors (Lipinski definition) is 8. The molecule has 0 aliphatic carbocycles. The van der Waals surface area contributed by atoms with Crippen LogP contribution in [0.5, 0.6) is 5.75 Å². The maximum absolute atomic E-state index is 11.4. The summed E-state index contributed by atoms with van der Waals surface area (Å²) in [6, 6.07) is 8.89. The van der Waals surface area contributed by atoms with Crippen molar-refractivity contribution >= 4 is 33.1 Å². The van der Waals surface area contributed by atoms with Crippen molar-refractivity contribution in [3.05, 3.63) is 47.8 Å². The van der Waals surface area contributed by atoms with Crippen molar-refractivity contribution in [1.82, 2.24) is 20.2 Å². The fourth-order valence-corrected chi connectivity index (χ4v) is 3.19. The van der Waals surface area contributed by atoms with Crippen LogP contribution in [0.4, 0.5) is 23.3 Å². The number of hydrogen-bond donors (Lipinski definition) is 3. The van der Waals surface area contributed by atoms with Crippen molar-refractivity contribution in [3.63, 3.8) is 0 Å². The van der Waals surface area contributed by atoms with Gasteiger partial charge in [0.2, 0.25) is 5.95 Å². The van der Waals surface area contributed by atoms with Crippen molar-refractivity contribution in [1.29, 1.82) is 0 Å². The summed E-state index contributed by atoms with van der Waals surface area (Å²) >= 11 is 0. The Hall–Kier alpha value is -3.14. The van der Waals surface area contributed by atoms with Gasteiger partial charge < -0.3 is 15.4 Å². The van der Waals surface area contributed by atoms with Crippen LogP contribution < -0.4 is 15.4 Å². The molecule has 0 saturated heterocycles. The Kier molecular flexibility index (Phi) is 5.26. The summed E-state index contributed by atoms with van der Waals surface area (Å²) in [5.41, 5.74) is 2.37. The van der Waals surface area contributed by atoms with Crippen LogP contribution in [0.25, 0.3) is 0 Å². The number of methoxy groups -OCH3 is 1. The topological polar surface area (TPSA) is 122 Å². The standard InChI is InChI=1S/C17H20N6O3S/c1-11-8-15(23-22-11)20-16-14(26-2)9-18-17(21-16)19-13-6-4-12(5-7-13)10-27(3,24)25/h4-9H,10H2,1-3H3,(H3,18,19,20,21,22,23). The zero-order valence-corrected chi connectivity index (χ0v) is 16.0. The molecule has 9 nitrogen and oxygen atoms in total. The Balaban J connectivity index is 1.77. The summed E-state index contributed by atoms with van der Waals surface area (Å²) in [5, 5.41) is 13.1. The van der Waals surface area contributed by atoms with E-state index in [9.17, 15) is 8.42 Å². The first-order valence-electron chi connectivity index (χ1n) is 8.06. The first kappa shape index (κ1) is 18.6. The molecule has 0 unspecified atom stereocenters. The van der Waals surface area contributed by atoms with Crippen LogP contribution in [0.15, 0.2) is 36.5 Å². The Morgan fingerprint density at radius 1 is 1.19 bits per heavy atom. The molecule has 1 aromatic carbocycles. The van der Waals surface area contributed by atoms with E-state index in [0.29, 0.717) is 23.3 Å². The summed E-state index contributed by atoms with van der Waals surface area (Å²) in [6.07, 6.45) is 2.76. The van der Waals surface area contributed by atoms with Gasteiger partial charge in [0.05, 0.1) is 19.1 Å². The molecule has 0 aliphatic rings. The molecule has 0 aliphatic heterocycles. The summed E-state index contributed by atoms with van der Waals surface area (Å²) in [4.78, 5) is 8.64. The zero-order valence-electron chi connectivity index (χ0n) is 15.1. The number of sulfone groups is 1. The maximum atomic E-state index is 11.4. The average Bonchev–Trinajstić information content (AvgIpc) is 3.01. The fraction of sp³-hybridized carbons (Fsp3) is 0.235. The SMILES string of the molecule is COc1cnc(Nc2ccc(CS(C)(=O)=O)cc2)nc1Nc1cc(C)[nH]n1. The molecule has 0 bridgehead atoms. The highest BCUT2D eigenvalue weighted by Crippen LogP contribution is 2.26.